The molecule has 4 rings (SSSR count). The van der Waals surface area contributed by atoms with Crippen molar-refractivity contribution < 1.29 is 57.9 Å². The van der Waals surface area contributed by atoms with Gasteiger partial charge in [0.25, 0.3) is 0 Å². The fourth-order valence-electron chi connectivity index (χ4n) is 7.64. The smallest absolute Gasteiger partial charge is 0.370 e. The molecule has 1 aromatic rings. The number of ether oxygens (including phenoxy) is 1. The third-order valence-electron chi connectivity index (χ3n) is 10.1. The van der Waals surface area contributed by atoms with Crippen molar-refractivity contribution in [1.29, 1.82) is 0 Å². The first kappa shape index (κ1) is 31.1. The van der Waals surface area contributed by atoms with E-state index in [0.717, 1.165) is 24.2 Å². The number of aliphatic hydroxyl groups is 1. The molecule has 210 valence electrons. The van der Waals surface area contributed by atoms with E-state index in [1.54, 1.807) is 35.2 Å². The standard InChI is InChI=1S/C29H39NO6S.HI/c1-6-27(4)15-22(36-24(34)17-37-20-9-13-30(14-10-20)16-23(32)33)28(5)18(2)7-11-29(19(3)26(27)35)12-8-21(31)25(28)29;/h6,9-10,13-14,18-19,22,25-26,35H,1,7-8,11-12,15-17H2,2-5H3;1H/t18-,19+,22-,25+,26+,27-,28+,29+;/m1./s1. The Hall–Kier alpha value is -1.46. The highest BCUT2D eigenvalue weighted by atomic mass is 127. The molecular weight excluding hydrogens is 617 g/mol. The molecular formula is C29H40INO6S. The molecule has 2 bridgehead atoms. The Balaban J connectivity index is 0.00000400. The summed E-state index contributed by atoms with van der Waals surface area (Å²) in [4.78, 5) is 38.4. The van der Waals surface area contributed by atoms with Gasteiger partial charge in [0.05, 0.1) is 11.9 Å². The second-order valence-corrected chi connectivity index (χ2v) is 13.0. The van der Waals surface area contributed by atoms with E-state index < -0.39 is 29.0 Å². The first-order valence-electron chi connectivity index (χ1n) is 13.2. The maximum Gasteiger partial charge on any atom is 0.370 e. The van der Waals surface area contributed by atoms with Crippen LogP contribution in [0.25, 0.3) is 0 Å². The Morgan fingerprint density at radius 1 is 1.24 bits per heavy atom. The van der Waals surface area contributed by atoms with Crippen LogP contribution < -0.4 is 28.5 Å². The number of ketones is 1. The number of carboxylic acids is 1. The molecule has 38 heavy (non-hydrogen) atoms. The van der Waals surface area contributed by atoms with Crippen molar-refractivity contribution in [1.82, 2.24) is 0 Å². The number of Topliss-reactive ketones (excluding diaryl/α,β-unsaturated/α-hetero) is 1. The molecule has 3 aliphatic rings. The summed E-state index contributed by atoms with van der Waals surface area (Å²) in [5, 5.41) is 20.5. The molecule has 2 N–H and O–H groups in total. The van der Waals surface area contributed by atoms with Gasteiger partial charge in [0.2, 0.25) is 6.54 Å². The molecule has 8 atom stereocenters. The van der Waals surface area contributed by atoms with Crippen molar-refractivity contribution in [2.24, 2.45) is 34.0 Å². The lowest BCUT2D eigenvalue weighted by molar-refractivity contribution is -0.686. The van der Waals surface area contributed by atoms with Gasteiger partial charge in [-0.1, -0.05) is 33.8 Å². The number of carboxylic acid groups (broad SMARTS) is 1. The molecule has 3 saturated carbocycles. The first-order chi connectivity index (χ1) is 17.4. The highest BCUT2D eigenvalue weighted by molar-refractivity contribution is 8.00. The third kappa shape index (κ3) is 5.31. The van der Waals surface area contributed by atoms with Crippen LogP contribution >= 0.6 is 11.8 Å². The van der Waals surface area contributed by atoms with Gasteiger partial charge in [0, 0.05) is 40.2 Å². The van der Waals surface area contributed by atoms with E-state index in [9.17, 15) is 19.5 Å². The van der Waals surface area contributed by atoms with Crippen LogP contribution in [-0.4, -0.2) is 45.9 Å². The molecule has 3 aliphatic carbocycles. The van der Waals surface area contributed by atoms with Gasteiger partial charge in [0.15, 0.2) is 12.4 Å². The molecule has 0 amide bonds. The average molecular weight is 658 g/mol. The van der Waals surface area contributed by atoms with E-state index in [-0.39, 0.29) is 71.2 Å². The Labute approximate surface area is 246 Å². The number of hydrogen-bond acceptors (Lipinski definition) is 6. The van der Waals surface area contributed by atoms with Gasteiger partial charge >= 0.3 is 11.9 Å². The number of nitrogens with zero attached hydrogens (tertiary/aromatic N) is 1. The summed E-state index contributed by atoms with van der Waals surface area (Å²) >= 11 is 1.33. The monoisotopic (exact) mass is 657 g/mol. The van der Waals surface area contributed by atoms with E-state index in [2.05, 4.69) is 27.4 Å². The fourth-order valence-corrected chi connectivity index (χ4v) is 8.30. The van der Waals surface area contributed by atoms with E-state index in [1.165, 1.54) is 11.8 Å². The summed E-state index contributed by atoms with van der Waals surface area (Å²) in [6.45, 7) is 12.3. The van der Waals surface area contributed by atoms with Crippen molar-refractivity contribution in [3.05, 3.63) is 37.2 Å². The number of carbonyl (C=O) groups is 3. The van der Waals surface area contributed by atoms with Crippen LogP contribution in [0.2, 0.25) is 0 Å². The molecule has 0 unspecified atom stereocenters. The number of halogens is 1. The van der Waals surface area contributed by atoms with Crippen molar-refractivity contribution in [2.45, 2.75) is 83.4 Å². The van der Waals surface area contributed by atoms with Crippen LogP contribution in [0.1, 0.15) is 59.8 Å². The number of aliphatic hydroxyl groups excluding tert-OH is 1. The van der Waals surface area contributed by atoms with Crippen LogP contribution in [0, 0.1) is 34.0 Å². The summed E-state index contributed by atoms with van der Waals surface area (Å²) in [7, 11) is 0. The van der Waals surface area contributed by atoms with Crippen LogP contribution in [-0.2, 0) is 25.7 Å². The van der Waals surface area contributed by atoms with Crippen LogP contribution in [0.4, 0.5) is 0 Å². The lowest BCUT2D eigenvalue weighted by Crippen LogP contribution is -3.00. The summed E-state index contributed by atoms with van der Waals surface area (Å²) in [6, 6.07) is 3.55. The van der Waals surface area contributed by atoms with Gasteiger partial charge in [-0.3, -0.25) is 9.59 Å². The number of aliphatic carboxylic acids is 1. The van der Waals surface area contributed by atoms with Gasteiger partial charge in [-0.15, -0.1) is 18.3 Å². The Morgan fingerprint density at radius 3 is 2.50 bits per heavy atom. The van der Waals surface area contributed by atoms with Gasteiger partial charge in [0.1, 0.15) is 11.9 Å². The van der Waals surface area contributed by atoms with Crippen molar-refractivity contribution in [3.63, 3.8) is 0 Å². The summed E-state index contributed by atoms with van der Waals surface area (Å²) in [5.41, 5.74) is -1.48. The Kier molecular flexibility index (Phi) is 9.46. The number of rotatable bonds is 7. The molecule has 0 aliphatic heterocycles. The predicted octanol–water partition coefficient (Wildman–Crippen LogP) is 1.06. The predicted molar refractivity (Wildman–Crippen MR) is 140 cm³/mol. The van der Waals surface area contributed by atoms with Gasteiger partial charge < -0.3 is 38.9 Å². The van der Waals surface area contributed by atoms with Gasteiger partial charge in [-0.05, 0) is 42.9 Å². The Bertz CT molecular complexity index is 1080. The number of carbonyl (C=O) groups excluding carboxylic acids is 2. The van der Waals surface area contributed by atoms with Gasteiger partial charge in [-0.25, -0.2) is 4.79 Å². The average Bonchev–Trinajstić information content (AvgIpc) is 3.22. The molecule has 0 aromatic carbocycles. The van der Waals surface area contributed by atoms with E-state index in [4.69, 9.17) is 9.84 Å². The highest BCUT2D eigenvalue weighted by Crippen LogP contribution is 2.68. The van der Waals surface area contributed by atoms with E-state index in [1.807, 2.05) is 6.92 Å². The van der Waals surface area contributed by atoms with Crippen molar-refractivity contribution in [2.75, 3.05) is 5.75 Å². The Morgan fingerprint density at radius 2 is 1.89 bits per heavy atom. The topological polar surface area (TPSA) is 105 Å². The number of aromatic nitrogens is 1. The lowest BCUT2D eigenvalue weighted by atomic mass is 9.44. The molecule has 1 heterocycles. The molecule has 1 aromatic heterocycles. The summed E-state index contributed by atoms with van der Waals surface area (Å²) < 4.78 is 7.82. The normalized spacial score (nSPS) is 38.2. The van der Waals surface area contributed by atoms with Crippen molar-refractivity contribution in [3.8, 4) is 0 Å². The molecule has 0 saturated heterocycles. The minimum absolute atomic E-state index is 0. The lowest BCUT2D eigenvalue weighted by Gasteiger charge is -2.61. The largest absolute Gasteiger partial charge is 1.00 e. The number of hydrogen-bond donors (Lipinski definition) is 2. The summed E-state index contributed by atoms with van der Waals surface area (Å²) in [6.07, 6.45) is 7.48. The molecule has 7 nitrogen and oxygen atoms in total. The number of esters is 1. The SMILES string of the molecule is C=C[C@]1(C)C[C@@H](OC(=O)CSc2cc[n+](CC(=O)O)cc2)[C@]2(C)[C@H](C)CC[C@]3(CCC(=O)[C@H]32)[C@@H](C)[C@@H]1O.[I-]. The maximum absolute atomic E-state index is 13.5. The van der Waals surface area contributed by atoms with E-state index >= 15 is 0 Å². The third-order valence-corrected chi connectivity index (χ3v) is 11.1. The highest BCUT2D eigenvalue weighted by Gasteiger charge is 2.68. The van der Waals surface area contributed by atoms with E-state index in [0.29, 0.717) is 12.8 Å². The minimum Gasteiger partial charge on any atom is -1.00 e. The summed E-state index contributed by atoms with van der Waals surface area (Å²) in [5.74, 6) is -1.06. The fraction of sp³-hybridized carbons (Fsp3) is 0.655. The van der Waals surface area contributed by atoms with Crippen LogP contribution in [0.15, 0.2) is 42.1 Å². The zero-order valence-electron chi connectivity index (χ0n) is 22.7. The quantitative estimate of drug-likeness (QED) is 0.149. The number of pyridine rings is 1. The van der Waals surface area contributed by atoms with Crippen molar-refractivity contribution >= 4 is 29.5 Å². The first-order valence-corrected chi connectivity index (χ1v) is 14.2. The zero-order valence-corrected chi connectivity index (χ0v) is 25.7. The molecule has 9 heteroatoms. The molecule has 0 radical (unpaired) electrons. The van der Waals surface area contributed by atoms with Crippen LogP contribution in [0.3, 0.4) is 0 Å². The minimum atomic E-state index is -0.922. The second-order valence-electron chi connectivity index (χ2n) is 12.0. The molecule has 3 fully saturated rings. The van der Waals surface area contributed by atoms with Crippen LogP contribution in [0.5, 0.6) is 0 Å². The van der Waals surface area contributed by atoms with Gasteiger partial charge in [-0.2, -0.15) is 4.57 Å². The second kappa shape index (κ2) is 11.6. The number of thioether (sulfide) groups is 1. The maximum atomic E-state index is 13.5. The zero-order chi connectivity index (χ0) is 27.2. The molecule has 0 spiro atoms.